The normalized spacial score (nSPS) is 10.3. The topological polar surface area (TPSA) is 51.2 Å². The molecule has 2 rings (SSSR count). The molecule has 17 heavy (non-hydrogen) atoms. The first-order chi connectivity index (χ1) is 8.11. The molecule has 0 saturated carbocycles. The number of nitrogens with one attached hydrogen (secondary N) is 1. The molecule has 0 saturated heterocycles. The number of halogens is 1. The van der Waals surface area contributed by atoms with Gasteiger partial charge in [0.15, 0.2) is 0 Å². The van der Waals surface area contributed by atoms with Gasteiger partial charge in [-0.25, -0.2) is 0 Å². The molecular weight excluding hydrogens is 240 g/mol. The van der Waals surface area contributed by atoms with Crippen molar-refractivity contribution in [2.45, 2.75) is 6.92 Å². The van der Waals surface area contributed by atoms with Gasteiger partial charge >= 0.3 is 0 Å². The van der Waals surface area contributed by atoms with Crippen LogP contribution in [0.15, 0.2) is 24.4 Å². The van der Waals surface area contributed by atoms with E-state index in [-0.39, 0.29) is 5.91 Å². The van der Waals surface area contributed by atoms with Gasteiger partial charge in [-0.05, 0) is 12.1 Å². The predicted octanol–water partition coefficient (Wildman–Crippen LogP) is 2.86. The lowest BCUT2D eigenvalue weighted by Crippen LogP contribution is -2.07. The Balaban J connectivity index is 2.65. The summed E-state index contributed by atoms with van der Waals surface area (Å²) >= 11 is 6.07. The number of hydrogen-bond donors (Lipinski definition) is 1. The fourth-order valence-electron chi connectivity index (χ4n) is 1.60. The van der Waals surface area contributed by atoms with E-state index in [9.17, 15) is 4.79 Å². The number of pyridine rings is 1. The lowest BCUT2D eigenvalue weighted by molar-refractivity contribution is -0.114. The first kappa shape index (κ1) is 11.7. The van der Waals surface area contributed by atoms with Crippen LogP contribution in [0.5, 0.6) is 5.75 Å². The van der Waals surface area contributed by atoms with Gasteiger partial charge in [-0.15, -0.1) is 0 Å². The number of nitrogens with zero attached hydrogens (tertiary/aromatic N) is 1. The van der Waals surface area contributed by atoms with E-state index in [1.54, 1.807) is 24.4 Å². The third kappa shape index (κ3) is 2.31. The van der Waals surface area contributed by atoms with Crippen molar-refractivity contribution in [3.8, 4) is 5.75 Å². The fourth-order valence-corrected chi connectivity index (χ4v) is 1.80. The zero-order chi connectivity index (χ0) is 12.4. The largest absolute Gasteiger partial charge is 0.494 e. The summed E-state index contributed by atoms with van der Waals surface area (Å²) in [5, 5.41) is 4.06. The lowest BCUT2D eigenvalue weighted by atomic mass is 10.2. The molecule has 0 aliphatic rings. The van der Waals surface area contributed by atoms with E-state index in [2.05, 4.69) is 10.3 Å². The van der Waals surface area contributed by atoms with Gasteiger partial charge in [-0.2, -0.15) is 0 Å². The monoisotopic (exact) mass is 250 g/mol. The number of methoxy groups -OCH3 is 1. The molecule has 0 bridgehead atoms. The van der Waals surface area contributed by atoms with Crippen LogP contribution in [0.2, 0.25) is 5.02 Å². The maximum Gasteiger partial charge on any atom is 0.221 e. The highest BCUT2D eigenvalue weighted by atomic mass is 35.5. The summed E-state index contributed by atoms with van der Waals surface area (Å²) in [6.45, 7) is 1.44. The quantitative estimate of drug-likeness (QED) is 0.892. The Bertz CT molecular complexity index is 584. The third-order valence-corrected chi connectivity index (χ3v) is 2.65. The molecule has 0 unspecified atom stereocenters. The Labute approximate surface area is 104 Å². The van der Waals surface area contributed by atoms with Crippen molar-refractivity contribution in [1.82, 2.24) is 4.98 Å². The summed E-state index contributed by atoms with van der Waals surface area (Å²) < 4.78 is 5.20. The van der Waals surface area contributed by atoms with Crippen molar-refractivity contribution in [3.63, 3.8) is 0 Å². The summed E-state index contributed by atoms with van der Waals surface area (Å²) in [7, 11) is 1.54. The molecule has 1 heterocycles. The molecule has 1 aromatic heterocycles. The summed E-state index contributed by atoms with van der Waals surface area (Å²) in [6.07, 6.45) is 1.63. The van der Waals surface area contributed by atoms with Crippen LogP contribution in [0.4, 0.5) is 5.69 Å². The number of anilines is 1. The highest BCUT2D eigenvalue weighted by Gasteiger charge is 2.09. The lowest BCUT2D eigenvalue weighted by Gasteiger charge is -2.10. The Morgan fingerprint density at radius 2 is 2.24 bits per heavy atom. The highest BCUT2D eigenvalue weighted by Crippen LogP contribution is 2.32. The second kappa shape index (κ2) is 4.59. The van der Waals surface area contributed by atoms with Crippen LogP contribution < -0.4 is 10.1 Å². The Hall–Kier alpha value is -1.81. The number of rotatable bonds is 2. The van der Waals surface area contributed by atoms with E-state index >= 15 is 0 Å². The zero-order valence-electron chi connectivity index (χ0n) is 9.45. The Morgan fingerprint density at radius 1 is 1.47 bits per heavy atom. The second-order valence-corrected chi connectivity index (χ2v) is 3.95. The van der Waals surface area contributed by atoms with Crippen molar-refractivity contribution < 1.29 is 9.53 Å². The number of benzene rings is 1. The van der Waals surface area contributed by atoms with Gasteiger partial charge < -0.3 is 10.1 Å². The second-order valence-electron chi connectivity index (χ2n) is 3.54. The average Bonchev–Trinajstić information content (AvgIpc) is 2.29. The van der Waals surface area contributed by atoms with E-state index in [1.807, 2.05) is 0 Å². The van der Waals surface area contributed by atoms with Crippen molar-refractivity contribution in [2.24, 2.45) is 0 Å². The van der Waals surface area contributed by atoms with Crippen LogP contribution in [-0.4, -0.2) is 18.0 Å². The van der Waals surface area contributed by atoms with Gasteiger partial charge in [0.2, 0.25) is 5.91 Å². The number of hydrogen-bond acceptors (Lipinski definition) is 3. The maximum absolute atomic E-state index is 11.1. The smallest absolute Gasteiger partial charge is 0.221 e. The number of carbonyl (C=O) groups is 1. The van der Waals surface area contributed by atoms with Gasteiger partial charge in [0.05, 0.1) is 23.3 Å². The molecule has 0 aliphatic carbocycles. The molecule has 0 atom stereocenters. The van der Waals surface area contributed by atoms with E-state index in [4.69, 9.17) is 16.3 Å². The minimum Gasteiger partial charge on any atom is -0.494 e. The van der Waals surface area contributed by atoms with Crippen LogP contribution >= 0.6 is 11.6 Å². The maximum atomic E-state index is 11.1. The molecule has 0 spiro atoms. The van der Waals surface area contributed by atoms with Crippen LogP contribution in [0, 0.1) is 0 Å². The summed E-state index contributed by atoms with van der Waals surface area (Å²) in [4.78, 5) is 15.3. The minimum absolute atomic E-state index is 0.164. The van der Waals surface area contributed by atoms with Gasteiger partial charge in [0.25, 0.3) is 0 Å². The number of carbonyl (C=O) groups excluding carboxylic acids is 1. The van der Waals surface area contributed by atoms with E-state index in [0.29, 0.717) is 16.5 Å². The zero-order valence-corrected chi connectivity index (χ0v) is 10.2. The standard InChI is InChI=1S/C12H11ClN2O2/c1-7(16)15-11-5-8-9(13)3-4-14-10(8)6-12(11)17-2/h3-6H,1-2H3,(H,15,16). The molecule has 4 nitrogen and oxygen atoms in total. The van der Waals surface area contributed by atoms with Gasteiger partial charge in [0.1, 0.15) is 5.75 Å². The molecule has 5 heteroatoms. The van der Waals surface area contributed by atoms with Crippen LogP contribution in [0.3, 0.4) is 0 Å². The first-order valence-electron chi connectivity index (χ1n) is 5.01. The van der Waals surface area contributed by atoms with Crippen molar-refractivity contribution in [2.75, 3.05) is 12.4 Å². The molecule has 88 valence electrons. The molecule has 2 aromatic rings. The van der Waals surface area contributed by atoms with Crippen molar-refractivity contribution in [3.05, 3.63) is 29.4 Å². The van der Waals surface area contributed by atoms with E-state index in [1.165, 1.54) is 14.0 Å². The van der Waals surface area contributed by atoms with Crippen molar-refractivity contribution >= 4 is 34.1 Å². The van der Waals surface area contributed by atoms with Crippen LogP contribution in [0.1, 0.15) is 6.92 Å². The SMILES string of the molecule is COc1cc2nccc(Cl)c2cc1NC(C)=O. The highest BCUT2D eigenvalue weighted by molar-refractivity contribution is 6.35. The third-order valence-electron chi connectivity index (χ3n) is 2.32. The first-order valence-corrected chi connectivity index (χ1v) is 5.39. The Morgan fingerprint density at radius 3 is 2.88 bits per heavy atom. The Kier molecular flexibility index (Phi) is 3.15. The number of fused-ring (bicyclic) bond motifs is 1. The van der Waals surface area contributed by atoms with E-state index < -0.39 is 0 Å². The van der Waals surface area contributed by atoms with E-state index in [0.717, 1.165) is 10.9 Å². The summed E-state index contributed by atoms with van der Waals surface area (Å²) in [5.41, 5.74) is 1.31. The van der Waals surface area contributed by atoms with Crippen molar-refractivity contribution in [1.29, 1.82) is 0 Å². The van der Waals surface area contributed by atoms with Crippen LogP contribution in [0.25, 0.3) is 10.9 Å². The number of amides is 1. The average molecular weight is 251 g/mol. The molecule has 0 aliphatic heterocycles. The number of aromatic nitrogens is 1. The number of ether oxygens (including phenoxy) is 1. The summed E-state index contributed by atoms with van der Waals surface area (Å²) in [5.74, 6) is 0.394. The predicted molar refractivity (Wildman–Crippen MR) is 67.6 cm³/mol. The molecule has 0 fully saturated rings. The van der Waals surface area contributed by atoms with Gasteiger partial charge in [-0.1, -0.05) is 11.6 Å². The molecule has 1 aromatic carbocycles. The summed E-state index contributed by atoms with van der Waals surface area (Å²) in [6, 6.07) is 5.20. The molecule has 1 N–H and O–H groups in total. The molecule has 0 radical (unpaired) electrons. The van der Waals surface area contributed by atoms with Gasteiger partial charge in [0, 0.05) is 24.6 Å². The molecular formula is C12H11ClN2O2. The van der Waals surface area contributed by atoms with Crippen LogP contribution in [-0.2, 0) is 4.79 Å². The van der Waals surface area contributed by atoms with Gasteiger partial charge in [-0.3, -0.25) is 9.78 Å². The fraction of sp³-hybridized carbons (Fsp3) is 0.167. The minimum atomic E-state index is -0.164. The molecule has 1 amide bonds.